The lowest BCUT2D eigenvalue weighted by Crippen LogP contribution is -2.36. The highest BCUT2D eigenvalue weighted by molar-refractivity contribution is 7.98. The minimum absolute atomic E-state index is 0.129. The van der Waals surface area contributed by atoms with Gasteiger partial charge in [-0.15, -0.1) is 11.8 Å². The highest BCUT2D eigenvalue weighted by Crippen LogP contribution is 2.25. The van der Waals surface area contributed by atoms with E-state index in [1.54, 1.807) is 12.1 Å². The van der Waals surface area contributed by atoms with Crippen LogP contribution in [0, 0.1) is 10.1 Å². The van der Waals surface area contributed by atoms with Gasteiger partial charge in [-0.05, 0) is 31.2 Å². The second-order valence-electron chi connectivity index (χ2n) is 4.95. The van der Waals surface area contributed by atoms with Gasteiger partial charge in [-0.2, -0.15) is 0 Å². The summed E-state index contributed by atoms with van der Waals surface area (Å²) in [6.45, 7) is 0. The van der Waals surface area contributed by atoms with Crippen LogP contribution >= 0.6 is 11.8 Å². The Balaban J connectivity index is 2.20. The number of thioether (sulfide) groups is 1. The molecular weight excluding hydrogens is 276 g/mol. The summed E-state index contributed by atoms with van der Waals surface area (Å²) in [6, 6.07) is 4.82. The number of nitrogens with one attached hydrogen (secondary N) is 1. The van der Waals surface area contributed by atoms with Crippen LogP contribution in [-0.4, -0.2) is 23.1 Å². The van der Waals surface area contributed by atoms with Gasteiger partial charge >= 0.3 is 0 Å². The summed E-state index contributed by atoms with van der Waals surface area (Å²) in [5.41, 5.74) is 0.0310. The van der Waals surface area contributed by atoms with E-state index in [-0.39, 0.29) is 23.2 Å². The van der Waals surface area contributed by atoms with Gasteiger partial charge in [0.25, 0.3) is 11.6 Å². The van der Waals surface area contributed by atoms with Crippen LogP contribution in [-0.2, 0) is 0 Å². The largest absolute Gasteiger partial charge is 0.349 e. The molecule has 1 aromatic carbocycles. The van der Waals surface area contributed by atoms with Gasteiger partial charge in [0.05, 0.1) is 4.92 Å². The first-order valence-corrected chi connectivity index (χ1v) is 7.97. The van der Waals surface area contributed by atoms with Crippen molar-refractivity contribution in [1.82, 2.24) is 5.32 Å². The Morgan fingerprint density at radius 1 is 1.35 bits per heavy atom. The number of benzene rings is 1. The molecule has 1 aliphatic rings. The minimum atomic E-state index is -0.500. The summed E-state index contributed by atoms with van der Waals surface area (Å²) in [7, 11) is 0. The first-order valence-electron chi connectivity index (χ1n) is 6.75. The van der Waals surface area contributed by atoms with Crippen molar-refractivity contribution < 1.29 is 9.72 Å². The topological polar surface area (TPSA) is 72.2 Å². The van der Waals surface area contributed by atoms with Crippen molar-refractivity contribution in [3.8, 4) is 0 Å². The molecule has 1 aromatic rings. The lowest BCUT2D eigenvalue weighted by molar-refractivity contribution is -0.385. The maximum atomic E-state index is 12.3. The second-order valence-corrected chi connectivity index (χ2v) is 5.83. The number of nitro groups is 1. The summed E-state index contributed by atoms with van der Waals surface area (Å²) < 4.78 is 0. The van der Waals surface area contributed by atoms with E-state index in [0.29, 0.717) is 0 Å². The van der Waals surface area contributed by atoms with Crippen LogP contribution in [0.3, 0.4) is 0 Å². The molecule has 0 spiro atoms. The molecule has 108 valence electrons. The third kappa shape index (κ3) is 3.50. The molecule has 1 aliphatic carbocycles. The van der Waals surface area contributed by atoms with E-state index in [0.717, 1.165) is 30.6 Å². The number of nitro benzene ring substituents is 1. The fourth-order valence-corrected chi connectivity index (χ4v) is 2.93. The van der Waals surface area contributed by atoms with Crippen LogP contribution in [0.25, 0.3) is 0 Å². The molecule has 2 rings (SSSR count). The molecule has 0 bridgehead atoms. The highest BCUT2D eigenvalue weighted by Gasteiger charge is 2.23. The third-order valence-electron chi connectivity index (χ3n) is 3.59. The molecule has 6 heteroatoms. The zero-order valence-corrected chi connectivity index (χ0v) is 12.2. The van der Waals surface area contributed by atoms with Gasteiger partial charge in [0.2, 0.25) is 0 Å². The van der Waals surface area contributed by atoms with E-state index >= 15 is 0 Å². The Kier molecular flexibility index (Phi) is 5.00. The molecule has 0 radical (unpaired) electrons. The average molecular weight is 294 g/mol. The first kappa shape index (κ1) is 14.8. The Morgan fingerprint density at radius 3 is 2.65 bits per heavy atom. The van der Waals surface area contributed by atoms with Crippen LogP contribution in [0.5, 0.6) is 0 Å². The van der Waals surface area contributed by atoms with Crippen molar-refractivity contribution in [2.75, 3.05) is 6.26 Å². The molecule has 20 heavy (non-hydrogen) atoms. The zero-order valence-electron chi connectivity index (χ0n) is 11.4. The fraction of sp³-hybridized carbons (Fsp3) is 0.500. The van der Waals surface area contributed by atoms with Crippen molar-refractivity contribution in [2.45, 2.75) is 43.0 Å². The number of rotatable bonds is 4. The Labute approximate surface area is 122 Å². The number of hydrogen-bond acceptors (Lipinski definition) is 4. The number of nitrogens with zero attached hydrogens (tertiary/aromatic N) is 1. The van der Waals surface area contributed by atoms with Crippen molar-refractivity contribution in [3.63, 3.8) is 0 Å². The Morgan fingerprint density at radius 2 is 2.05 bits per heavy atom. The Bertz CT molecular complexity index is 513. The van der Waals surface area contributed by atoms with E-state index in [4.69, 9.17) is 0 Å². The molecule has 0 unspecified atom stereocenters. The summed E-state index contributed by atoms with van der Waals surface area (Å²) in [4.78, 5) is 23.7. The predicted molar refractivity (Wildman–Crippen MR) is 79.2 cm³/mol. The van der Waals surface area contributed by atoms with E-state index in [1.165, 1.54) is 24.2 Å². The second kappa shape index (κ2) is 6.74. The lowest BCUT2D eigenvalue weighted by atomic mass is 9.95. The number of carbonyl (C=O) groups is 1. The first-order chi connectivity index (χ1) is 9.61. The van der Waals surface area contributed by atoms with Crippen LogP contribution in [0.4, 0.5) is 5.69 Å². The van der Waals surface area contributed by atoms with Gasteiger partial charge in [0.15, 0.2) is 0 Å². The monoisotopic (exact) mass is 294 g/mol. The Hall–Kier alpha value is -1.56. The third-order valence-corrected chi connectivity index (χ3v) is 4.31. The predicted octanol–water partition coefficient (Wildman–Crippen LogP) is 3.38. The molecular formula is C14H18N2O3S. The summed E-state index contributed by atoms with van der Waals surface area (Å²) in [5, 5.41) is 14.0. The number of carbonyl (C=O) groups excluding carboxylic acids is 1. The SMILES string of the molecule is CSc1ccc([N+](=O)[O-])c(C(=O)NC2CCCCC2)c1. The van der Waals surface area contributed by atoms with Crippen LogP contribution < -0.4 is 5.32 Å². The summed E-state index contributed by atoms with van der Waals surface area (Å²) in [5.74, 6) is -0.334. The van der Waals surface area contributed by atoms with Crippen molar-refractivity contribution in [3.05, 3.63) is 33.9 Å². The summed E-state index contributed by atoms with van der Waals surface area (Å²) in [6.07, 6.45) is 7.22. The molecule has 0 saturated heterocycles. The van der Waals surface area contributed by atoms with Gasteiger partial charge in [0.1, 0.15) is 5.56 Å². The highest BCUT2D eigenvalue weighted by atomic mass is 32.2. The molecule has 0 aromatic heterocycles. The van der Waals surface area contributed by atoms with E-state index < -0.39 is 4.92 Å². The molecule has 0 aliphatic heterocycles. The van der Waals surface area contributed by atoms with Crippen molar-refractivity contribution >= 4 is 23.4 Å². The molecule has 0 atom stereocenters. The molecule has 1 fully saturated rings. The quantitative estimate of drug-likeness (QED) is 0.525. The van der Waals surface area contributed by atoms with Gasteiger partial charge in [-0.25, -0.2) is 0 Å². The minimum Gasteiger partial charge on any atom is -0.349 e. The van der Waals surface area contributed by atoms with Crippen LogP contribution in [0.15, 0.2) is 23.1 Å². The molecule has 5 nitrogen and oxygen atoms in total. The average Bonchev–Trinajstić information content (AvgIpc) is 2.47. The van der Waals surface area contributed by atoms with Crippen molar-refractivity contribution in [1.29, 1.82) is 0 Å². The zero-order chi connectivity index (χ0) is 14.5. The summed E-state index contributed by atoms with van der Waals surface area (Å²) >= 11 is 1.46. The molecule has 1 amide bonds. The van der Waals surface area contributed by atoms with Gasteiger partial charge in [-0.3, -0.25) is 14.9 Å². The van der Waals surface area contributed by atoms with Crippen molar-refractivity contribution in [2.24, 2.45) is 0 Å². The lowest BCUT2D eigenvalue weighted by Gasteiger charge is -2.22. The van der Waals surface area contributed by atoms with Gasteiger partial charge in [0, 0.05) is 17.0 Å². The van der Waals surface area contributed by atoms with Gasteiger partial charge < -0.3 is 5.32 Å². The maximum absolute atomic E-state index is 12.3. The van der Waals surface area contributed by atoms with E-state index in [1.807, 2.05) is 6.26 Å². The normalized spacial score (nSPS) is 15.8. The maximum Gasteiger partial charge on any atom is 0.282 e. The van der Waals surface area contributed by atoms with E-state index in [9.17, 15) is 14.9 Å². The van der Waals surface area contributed by atoms with Gasteiger partial charge in [-0.1, -0.05) is 19.3 Å². The fourth-order valence-electron chi connectivity index (χ4n) is 2.49. The smallest absolute Gasteiger partial charge is 0.282 e. The van der Waals surface area contributed by atoms with Crippen LogP contribution in [0.1, 0.15) is 42.5 Å². The number of amides is 1. The molecule has 0 heterocycles. The standard InChI is InChI=1S/C14H18N2O3S/c1-20-11-7-8-13(16(18)19)12(9-11)14(17)15-10-5-3-2-4-6-10/h7-10H,2-6H2,1H3,(H,15,17). The molecule has 1 N–H and O–H groups in total. The molecule has 1 saturated carbocycles. The van der Waals surface area contributed by atoms with Crippen LogP contribution in [0.2, 0.25) is 0 Å². The van der Waals surface area contributed by atoms with E-state index in [2.05, 4.69) is 5.32 Å². The number of hydrogen-bond donors (Lipinski definition) is 1.